The van der Waals surface area contributed by atoms with E-state index in [2.05, 4.69) is 10.3 Å². The second kappa shape index (κ2) is 6.10. The average Bonchev–Trinajstić information content (AvgIpc) is 2.97. The third-order valence-corrected chi connectivity index (χ3v) is 5.35. The summed E-state index contributed by atoms with van der Waals surface area (Å²) in [6.07, 6.45) is 0. The monoisotopic (exact) mass is 361 g/mol. The van der Waals surface area contributed by atoms with Crippen molar-refractivity contribution in [1.29, 1.82) is 0 Å². The van der Waals surface area contributed by atoms with E-state index >= 15 is 0 Å². The molecule has 25 heavy (non-hydrogen) atoms. The summed E-state index contributed by atoms with van der Waals surface area (Å²) in [5, 5.41) is 16.3. The van der Waals surface area contributed by atoms with Crippen LogP contribution in [0.5, 0.6) is 0 Å². The summed E-state index contributed by atoms with van der Waals surface area (Å²) in [7, 11) is -3.98. The van der Waals surface area contributed by atoms with Crippen molar-refractivity contribution in [3.8, 4) is 5.69 Å². The standard InChI is InChI=1S/C16H12FN3O4S/c1-10-15(25(23,24)14-7-5-12(17)6-8-14)18-19-20(10)13-4-2-3-11(9-13)16(21)22/h2-9H,1H3,(H,21,22). The molecule has 1 heterocycles. The van der Waals surface area contributed by atoms with E-state index in [4.69, 9.17) is 5.11 Å². The molecular weight excluding hydrogens is 349 g/mol. The number of halogens is 1. The number of aromatic carboxylic acids is 1. The van der Waals surface area contributed by atoms with Gasteiger partial charge in [-0.1, -0.05) is 11.3 Å². The van der Waals surface area contributed by atoms with Crippen LogP contribution in [-0.4, -0.2) is 34.5 Å². The summed E-state index contributed by atoms with van der Waals surface area (Å²) in [4.78, 5) is 11.0. The predicted octanol–water partition coefficient (Wildman–Crippen LogP) is 2.25. The molecule has 0 aliphatic rings. The first-order valence-electron chi connectivity index (χ1n) is 7.07. The lowest BCUT2D eigenvalue weighted by Gasteiger charge is -2.05. The molecule has 0 saturated carbocycles. The second-order valence-corrected chi connectivity index (χ2v) is 7.07. The van der Waals surface area contributed by atoms with Crippen LogP contribution in [0.1, 0.15) is 16.1 Å². The van der Waals surface area contributed by atoms with Gasteiger partial charge >= 0.3 is 5.97 Å². The second-order valence-electron chi connectivity index (χ2n) is 5.20. The molecular formula is C16H12FN3O4S. The maximum atomic E-state index is 13.0. The van der Waals surface area contributed by atoms with Gasteiger partial charge in [0.15, 0.2) is 0 Å². The molecule has 0 aliphatic heterocycles. The van der Waals surface area contributed by atoms with Crippen molar-refractivity contribution in [2.45, 2.75) is 16.8 Å². The minimum absolute atomic E-state index is 0.0374. The smallest absolute Gasteiger partial charge is 0.335 e. The Morgan fingerprint density at radius 3 is 2.48 bits per heavy atom. The highest BCUT2D eigenvalue weighted by Crippen LogP contribution is 2.23. The van der Waals surface area contributed by atoms with Crippen LogP contribution >= 0.6 is 0 Å². The van der Waals surface area contributed by atoms with Crippen LogP contribution in [0.2, 0.25) is 0 Å². The van der Waals surface area contributed by atoms with Gasteiger partial charge in [0.2, 0.25) is 14.9 Å². The molecule has 3 rings (SSSR count). The summed E-state index contributed by atoms with van der Waals surface area (Å²) in [6.45, 7) is 1.50. The minimum Gasteiger partial charge on any atom is -0.478 e. The fourth-order valence-electron chi connectivity index (χ4n) is 2.30. The van der Waals surface area contributed by atoms with E-state index in [-0.39, 0.29) is 21.2 Å². The molecule has 0 amide bonds. The molecule has 0 saturated heterocycles. The number of aromatic nitrogens is 3. The Morgan fingerprint density at radius 1 is 1.16 bits per heavy atom. The highest BCUT2D eigenvalue weighted by molar-refractivity contribution is 7.91. The average molecular weight is 361 g/mol. The van der Waals surface area contributed by atoms with Crippen LogP contribution < -0.4 is 0 Å². The molecule has 128 valence electrons. The fraction of sp³-hybridized carbons (Fsp3) is 0.0625. The maximum absolute atomic E-state index is 13.0. The largest absolute Gasteiger partial charge is 0.478 e. The normalized spacial score (nSPS) is 11.4. The van der Waals surface area contributed by atoms with Crippen LogP contribution in [0.3, 0.4) is 0 Å². The molecule has 1 aromatic heterocycles. The van der Waals surface area contributed by atoms with Gasteiger partial charge in [-0.05, 0) is 49.4 Å². The zero-order valence-electron chi connectivity index (χ0n) is 12.9. The van der Waals surface area contributed by atoms with Gasteiger partial charge in [-0.15, -0.1) is 5.10 Å². The van der Waals surface area contributed by atoms with Gasteiger partial charge < -0.3 is 5.11 Å². The van der Waals surface area contributed by atoms with E-state index < -0.39 is 21.6 Å². The van der Waals surface area contributed by atoms with Gasteiger partial charge in [0.1, 0.15) is 5.82 Å². The lowest BCUT2D eigenvalue weighted by molar-refractivity contribution is 0.0697. The number of benzene rings is 2. The van der Waals surface area contributed by atoms with Crippen LogP contribution in [0.25, 0.3) is 5.69 Å². The molecule has 9 heteroatoms. The molecule has 1 N–H and O–H groups in total. The Labute approximate surface area is 142 Å². The first-order chi connectivity index (χ1) is 11.8. The third-order valence-electron chi connectivity index (χ3n) is 3.57. The number of carbonyl (C=O) groups is 1. The fourth-order valence-corrected chi connectivity index (χ4v) is 3.64. The molecule has 3 aromatic rings. The molecule has 0 fully saturated rings. The Balaban J connectivity index is 2.08. The van der Waals surface area contributed by atoms with Crippen LogP contribution in [-0.2, 0) is 9.84 Å². The molecule has 0 atom stereocenters. The topological polar surface area (TPSA) is 102 Å². The Morgan fingerprint density at radius 2 is 1.84 bits per heavy atom. The third kappa shape index (κ3) is 3.01. The molecule has 0 spiro atoms. The van der Waals surface area contributed by atoms with Gasteiger partial charge in [0.25, 0.3) is 0 Å². The zero-order chi connectivity index (χ0) is 18.2. The lowest BCUT2D eigenvalue weighted by atomic mass is 10.2. The van der Waals surface area contributed by atoms with Crippen LogP contribution in [0.15, 0.2) is 58.5 Å². The summed E-state index contributed by atoms with van der Waals surface area (Å²) in [6, 6.07) is 10.3. The number of nitrogens with zero attached hydrogens (tertiary/aromatic N) is 3. The minimum atomic E-state index is -3.98. The van der Waals surface area contributed by atoms with E-state index in [9.17, 15) is 17.6 Å². The quantitative estimate of drug-likeness (QED) is 0.715. The highest BCUT2D eigenvalue weighted by Gasteiger charge is 2.26. The molecule has 2 aromatic carbocycles. The van der Waals surface area contributed by atoms with Crippen molar-refractivity contribution < 1.29 is 22.7 Å². The van der Waals surface area contributed by atoms with Crippen molar-refractivity contribution in [3.63, 3.8) is 0 Å². The van der Waals surface area contributed by atoms with Crippen molar-refractivity contribution >= 4 is 15.8 Å². The predicted molar refractivity (Wildman–Crippen MR) is 84.9 cm³/mol. The Hall–Kier alpha value is -3.07. The van der Waals surface area contributed by atoms with Crippen molar-refractivity contribution in [2.24, 2.45) is 0 Å². The van der Waals surface area contributed by atoms with E-state index in [0.29, 0.717) is 5.69 Å². The highest BCUT2D eigenvalue weighted by atomic mass is 32.2. The summed E-state index contributed by atoms with van der Waals surface area (Å²) in [5.41, 5.74) is 0.618. The van der Waals surface area contributed by atoms with E-state index in [1.54, 1.807) is 6.07 Å². The number of carboxylic acids is 1. The SMILES string of the molecule is Cc1c(S(=O)(=O)c2ccc(F)cc2)nnn1-c1cccc(C(=O)O)c1. The summed E-state index contributed by atoms with van der Waals surface area (Å²) in [5.74, 6) is -1.66. The summed E-state index contributed by atoms with van der Waals surface area (Å²) >= 11 is 0. The van der Waals surface area contributed by atoms with Crippen LogP contribution in [0.4, 0.5) is 4.39 Å². The zero-order valence-corrected chi connectivity index (χ0v) is 13.7. The van der Waals surface area contributed by atoms with Gasteiger partial charge in [-0.2, -0.15) is 0 Å². The molecule has 0 radical (unpaired) electrons. The van der Waals surface area contributed by atoms with Crippen molar-refractivity contribution in [2.75, 3.05) is 0 Å². The first-order valence-corrected chi connectivity index (χ1v) is 8.56. The van der Waals surface area contributed by atoms with E-state index in [0.717, 1.165) is 24.3 Å². The van der Waals surface area contributed by atoms with Gasteiger partial charge in [0.05, 0.1) is 21.8 Å². The van der Waals surface area contributed by atoms with E-state index in [1.165, 1.54) is 29.8 Å². The number of sulfone groups is 1. The number of rotatable bonds is 4. The lowest BCUT2D eigenvalue weighted by Crippen LogP contribution is -2.06. The maximum Gasteiger partial charge on any atom is 0.335 e. The Kier molecular flexibility index (Phi) is 4.09. The summed E-state index contributed by atoms with van der Waals surface area (Å²) < 4.78 is 39.6. The van der Waals surface area contributed by atoms with E-state index in [1.807, 2.05) is 0 Å². The first kappa shape index (κ1) is 16.8. The number of hydrogen-bond donors (Lipinski definition) is 1. The molecule has 0 unspecified atom stereocenters. The molecule has 7 nitrogen and oxygen atoms in total. The van der Waals surface area contributed by atoms with Crippen LogP contribution in [0, 0.1) is 12.7 Å². The van der Waals surface area contributed by atoms with Gasteiger partial charge in [-0.25, -0.2) is 22.3 Å². The molecule has 0 aliphatic carbocycles. The van der Waals surface area contributed by atoms with Gasteiger partial charge in [-0.3, -0.25) is 0 Å². The van der Waals surface area contributed by atoms with Crippen molar-refractivity contribution in [1.82, 2.24) is 15.0 Å². The number of hydrogen-bond acceptors (Lipinski definition) is 5. The van der Waals surface area contributed by atoms with Crippen molar-refractivity contribution in [3.05, 3.63) is 65.6 Å². The number of carboxylic acid groups (broad SMARTS) is 1. The molecule has 0 bridgehead atoms. The Bertz CT molecular complexity index is 1060. The van der Waals surface area contributed by atoms with Gasteiger partial charge in [0, 0.05) is 0 Å².